The lowest BCUT2D eigenvalue weighted by atomic mass is 10.0. The minimum absolute atomic E-state index is 0.153. The van der Waals surface area contributed by atoms with Crippen LogP contribution in [0.2, 0.25) is 0 Å². The minimum Gasteiger partial charge on any atom is -0.454 e. The molecule has 8 nitrogen and oxygen atoms in total. The van der Waals surface area contributed by atoms with E-state index in [2.05, 4.69) is 22.1 Å². The quantitative estimate of drug-likeness (QED) is 0.505. The third-order valence-electron chi connectivity index (χ3n) is 6.32. The second-order valence-corrected chi connectivity index (χ2v) is 8.40. The molecule has 1 fully saturated rings. The zero-order valence-electron chi connectivity index (χ0n) is 18.2. The maximum atomic E-state index is 13.0. The van der Waals surface area contributed by atoms with Gasteiger partial charge in [0.1, 0.15) is 11.3 Å². The van der Waals surface area contributed by atoms with Gasteiger partial charge in [-0.15, -0.1) is 0 Å². The van der Waals surface area contributed by atoms with Crippen molar-refractivity contribution in [3.05, 3.63) is 70.7 Å². The van der Waals surface area contributed by atoms with E-state index < -0.39 is 0 Å². The lowest BCUT2D eigenvalue weighted by Gasteiger charge is -2.33. The predicted molar refractivity (Wildman–Crippen MR) is 122 cm³/mol. The lowest BCUT2D eigenvalue weighted by molar-refractivity contribution is 0.0909. The summed E-state index contributed by atoms with van der Waals surface area (Å²) in [6.07, 6.45) is 7.23. The van der Waals surface area contributed by atoms with Gasteiger partial charge in [0.05, 0.1) is 12.1 Å². The summed E-state index contributed by atoms with van der Waals surface area (Å²) >= 11 is 0. The highest BCUT2D eigenvalue weighted by atomic mass is 16.4. The van der Waals surface area contributed by atoms with Crippen molar-refractivity contribution >= 4 is 22.6 Å². The molecule has 8 heteroatoms. The van der Waals surface area contributed by atoms with Crippen LogP contribution in [0, 0.1) is 0 Å². The molecule has 5 rings (SSSR count). The number of fused-ring (bicyclic) bond motifs is 3. The predicted octanol–water partition coefficient (Wildman–Crippen LogP) is 2.89. The number of likely N-dealkylation sites (tertiary alicyclic amines) is 1. The number of hydrogen-bond donors (Lipinski definition) is 1. The number of furan rings is 1. The van der Waals surface area contributed by atoms with Gasteiger partial charge in [-0.1, -0.05) is 6.42 Å². The number of carbonyl (C=O) groups is 1. The molecule has 4 aromatic rings. The van der Waals surface area contributed by atoms with Crippen molar-refractivity contribution in [2.45, 2.75) is 38.8 Å². The highest BCUT2D eigenvalue weighted by Gasteiger charge is 2.19. The summed E-state index contributed by atoms with van der Waals surface area (Å²) in [6.45, 7) is 4.95. The second kappa shape index (κ2) is 8.63. The Hall–Kier alpha value is -3.39. The van der Waals surface area contributed by atoms with Crippen LogP contribution in [0.1, 0.15) is 42.5 Å². The van der Waals surface area contributed by atoms with Gasteiger partial charge in [0, 0.05) is 31.5 Å². The monoisotopic (exact) mass is 433 g/mol. The topological polar surface area (TPSA) is 84.8 Å². The van der Waals surface area contributed by atoms with Gasteiger partial charge >= 0.3 is 0 Å². The first-order valence-corrected chi connectivity index (χ1v) is 11.2. The van der Waals surface area contributed by atoms with Crippen LogP contribution in [0.25, 0.3) is 16.7 Å². The molecule has 4 aromatic heterocycles. The van der Waals surface area contributed by atoms with Crippen molar-refractivity contribution in [1.82, 2.24) is 24.2 Å². The van der Waals surface area contributed by atoms with E-state index in [1.54, 1.807) is 29.0 Å². The van der Waals surface area contributed by atoms with Crippen LogP contribution in [0.5, 0.6) is 0 Å². The van der Waals surface area contributed by atoms with Crippen LogP contribution in [0.4, 0.5) is 0 Å². The standard InChI is InChI=1S/C24H27N5O3/c1-17-6-2-3-13-27(17)15-12-26-23(30)21-10-9-18(32-21)16-29-22-19(7-4-11-25-22)28-14-5-8-20(28)24(29)31/h4-5,7-11,14,17H,2-3,6,12-13,15-16H2,1H3,(H,26,30). The molecular weight excluding hydrogens is 406 g/mol. The third-order valence-corrected chi connectivity index (χ3v) is 6.32. The molecule has 1 aliphatic heterocycles. The van der Waals surface area contributed by atoms with E-state index in [4.69, 9.17) is 4.42 Å². The smallest absolute Gasteiger partial charge is 0.287 e. The number of hydrogen-bond acceptors (Lipinski definition) is 5. The fourth-order valence-corrected chi connectivity index (χ4v) is 4.56. The molecule has 0 aliphatic carbocycles. The summed E-state index contributed by atoms with van der Waals surface area (Å²) in [7, 11) is 0. The van der Waals surface area contributed by atoms with E-state index in [1.807, 2.05) is 28.8 Å². The number of piperidine rings is 1. The normalized spacial score (nSPS) is 17.2. The summed E-state index contributed by atoms with van der Waals surface area (Å²) in [5, 5.41) is 2.95. The lowest BCUT2D eigenvalue weighted by Crippen LogP contribution is -2.42. The molecule has 1 atom stereocenters. The molecule has 1 aliphatic rings. The first kappa shape index (κ1) is 20.5. The van der Waals surface area contributed by atoms with E-state index in [1.165, 1.54) is 19.3 Å². The van der Waals surface area contributed by atoms with E-state index >= 15 is 0 Å². The van der Waals surface area contributed by atoms with Crippen LogP contribution < -0.4 is 10.9 Å². The molecular formula is C24H27N5O3. The Labute approximate surface area is 185 Å². The number of nitrogens with zero attached hydrogens (tertiary/aromatic N) is 4. The molecule has 0 aromatic carbocycles. The fraction of sp³-hybridized carbons (Fsp3) is 0.375. The van der Waals surface area contributed by atoms with Gasteiger partial charge in [0.15, 0.2) is 11.4 Å². The maximum Gasteiger partial charge on any atom is 0.287 e. The van der Waals surface area contributed by atoms with Crippen LogP contribution in [0.15, 0.2) is 58.0 Å². The highest BCUT2D eigenvalue weighted by Crippen LogP contribution is 2.17. The number of pyridine rings is 1. The van der Waals surface area contributed by atoms with Crippen LogP contribution in [-0.2, 0) is 6.54 Å². The molecule has 0 saturated carbocycles. The molecule has 32 heavy (non-hydrogen) atoms. The van der Waals surface area contributed by atoms with Gasteiger partial charge in [0.2, 0.25) is 0 Å². The molecule has 0 spiro atoms. The van der Waals surface area contributed by atoms with Crippen LogP contribution in [-0.4, -0.2) is 50.4 Å². The second-order valence-electron chi connectivity index (χ2n) is 8.40. The zero-order chi connectivity index (χ0) is 22.1. The van der Waals surface area contributed by atoms with Gasteiger partial charge in [-0.3, -0.25) is 19.1 Å². The third kappa shape index (κ3) is 3.82. The van der Waals surface area contributed by atoms with Crippen molar-refractivity contribution in [3.8, 4) is 0 Å². The van der Waals surface area contributed by atoms with Crippen molar-refractivity contribution < 1.29 is 9.21 Å². The number of rotatable bonds is 6. The number of aromatic nitrogens is 3. The van der Waals surface area contributed by atoms with Crippen LogP contribution >= 0.6 is 0 Å². The van der Waals surface area contributed by atoms with Crippen molar-refractivity contribution in [2.24, 2.45) is 0 Å². The summed E-state index contributed by atoms with van der Waals surface area (Å²) in [5.41, 5.74) is 1.82. The summed E-state index contributed by atoms with van der Waals surface area (Å²) in [4.78, 5) is 32.4. The highest BCUT2D eigenvalue weighted by molar-refractivity contribution is 5.91. The molecule has 1 unspecified atom stereocenters. The molecule has 5 heterocycles. The molecule has 1 amide bonds. The molecule has 1 N–H and O–H groups in total. The number of nitrogens with one attached hydrogen (secondary N) is 1. The molecule has 1 saturated heterocycles. The fourth-order valence-electron chi connectivity index (χ4n) is 4.56. The Morgan fingerprint density at radius 3 is 2.94 bits per heavy atom. The first-order chi connectivity index (χ1) is 15.6. The Morgan fingerprint density at radius 2 is 2.06 bits per heavy atom. The Morgan fingerprint density at radius 1 is 1.19 bits per heavy atom. The number of carbonyl (C=O) groups excluding carboxylic acids is 1. The van der Waals surface area contributed by atoms with E-state index in [9.17, 15) is 9.59 Å². The van der Waals surface area contributed by atoms with E-state index in [0.717, 1.165) is 18.6 Å². The van der Waals surface area contributed by atoms with E-state index in [-0.39, 0.29) is 23.8 Å². The van der Waals surface area contributed by atoms with Gasteiger partial charge < -0.3 is 14.1 Å². The summed E-state index contributed by atoms with van der Waals surface area (Å²) in [6, 6.07) is 11.4. The average Bonchev–Trinajstić information content (AvgIpc) is 3.48. The van der Waals surface area contributed by atoms with Crippen molar-refractivity contribution in [2.75, 3.05) is 19.6 Å². The molecule has 0 bridgehead atoms. The van der Waals surface area contributed by atoms with Crippen molar-refractivity contribution in [3.63, 3.8) is 0 Å². The minimum atomic E-state index is -0.238. The van der Waals surface area contributed by atoms with E-state index in [0.29, 0.717) is 29.5 Å². The Kier molecular flexibility index (Phi) is 5.53. The van der Waals surface area contributed by atoms with Gasteiger partial charge in [-0.25, -0.2) is 4.98 Å². The first-order valence-electron chi connectivity index (χ1n) is 11.2. The number of amides is 1. The van der Waals surface area contributed by atoms with Gasteiger partial charge in [-0.2, -0.15) is 0 Å². The molecule has 166 valence electrons. The summed E-state index contributed by atoms with van der Waals surface area (Å²) < 4.78 is 9.22. The Bertz CT molecular complexity index is 1320. The SMILES string of the molecule is CC1CCCCN1CCNC(=O)c1ccc(Cn2c(=O)c3cccn3c3cccnc32)o1. The largest absolute Gasteiger partial charge is 0.454 e. The van der Waals surface area contributed by atoms with Crippen molar-refractivity contribution in [1.29, 1.82) is 0 Å². The molecule has 0 radical (unpaired) electrons. The maximum absolute atomic E-state index is 13.0. The zero-order valence-corrected chi connectivity index (χ0v) is 18.2. The van der Waals surface area contributed by atoms with Gasteiger partial charge in [0.25, 0.3) is 11.5 Å². The summed E-state index contributed by atoms with van der Waals surface area (Å²) in [5.74, 6) is 0.545. The van der Waals surface area contributed by atoms with Crippen LogP contribution in [0.3, 0.4) is 0 Å². The average molecular weight is 434 g/mol. The van der Waals surface area contributed by atoms with Gasteiger partial charge in [-0.05, 0) is 62.7 Å². The Balaban J connectivity index is 1.31.